The van der Waals surface area contributed by atoms with Crippen LogP contribution >= 0.6 is 7.60 Å². The molecular formula is C18H37O7P. The predicted octanol–water partition coefficient (Wildman–Crippen LogP) is 3.47. The van der Waals surface area contributed by atoms with Crippen molar-refractivity contribution in [2.75, 3.05) is 39.2 Å². The van der Waals surface area contributed by atoms with E-state index in [-0.39, 0.29) is 25.5 Å². The van der Waals surface area contributed by atoms with Gasteiger partial charge >= 0.3 is 7.60 Å². The van der Waals surface area contributed by atoms with E-state index in [2.05, 4.69) is 6.92 Å². The number of unbranched alkanes of at least 4 members (excludes halogenated alkanes) is 6. The first-order valence-corrected chi connectivity index (χ1v) is 11.7. The van der Waals surface area contributed by atoms with Crippen LogP contribution in [-0.4, -0.2) is 60.9 Å². The molecule has 0 aromatic carbocycles. The summed E-state index contributed by atoms with van der Waals surface area (Å²) in [6.07, 6.45) is 8.90. The zero-order valence-electron chi connectivity index (χ0n) is 16.4. The maximum Gasteiger partial charge on any atom is 0.325 e. The molecule has 0 bridgehead atoms. The summed E-state index contributed by atoms with van der Waals surface area (Å²) in [5.74, 6) is -0.810. The highest BCUT2D eigenvalue weighted by Gasteiger charge is 2.37. The van der Waals surface area contributed by atoms with Crippen LogP contribution in [0.25, 0.3) is 0 Å². The normalized spacial score (nSPS) is 23.6. The molecule has 0 amide bonds. The van der Waals surface area contributed by atoms with Gasteiger partial charge in [0.1, 0.15) is 12.7 Å². The van der Waals surface area contributed by atoms with Crippen LogP contribution in [0.3, 0.4) is 0 Å². The standard InChI is InChI=1S/C18H37O7P/c1-3-4-5-6-7-8-9-11-22-14-17-15-24-18(2,25-17)16-23-12-10-13-26(19,20)21/h17H,3-16H2,1-2H3,(H2,19,20,21). The van der Waals surface area contributed by atoms with Crippen LogP contribution in [0, 0.1) is 0 Å². The lowest BCUT2D eigenvalue weighted by Gasteiger charge is -2.23. The van der Waals surface area contributed by atoms with Gasteiger partial charge in [-0.15, -0.1) is 0 Å². The monoisotopic (exact) mass is 396 g/mol. The lowest BCUT2D eigenvalue weighted by atomic mass is 10.1. The second-order valence-electron chi connectivity index (χ2n) is 7.18. The summed E-state index contributed by atoms with van der Waals surface area (Å²) in [6, 6.07) is 0. The lowest BCUT2D eigenvalue weighted by Crippen LogP contribution is -2.33. The fourth-order valence-corrected chi connectivity index (χ4v) is 3.39. The smallest absolute Gasteiger partial charge is 0.325 e. The largest absolute Gasteiger partial charge is 0.379 e. The minimum atomic E-state index is -3.95. The molecule has 1 heterocycles. The van der Waals surface area contributed by atoms with Gasteiger partial charge in [-0.1, -0.05) is 45.4 Å². The van der Waals surface area contributed by atoms with E-state index in [1.54, 1.807) is 0 Å². The molecule has 2 atom stereocenters. The fraction of sp³-hybridized carbons (Fsp3) is 1.00. The molecule has 0 aromatic heterocycles. The van der Waals surface area contributed by atoms with E-state index < -0.39 is 13.4 Å². The number of ether oxygens (including phenoxy) is 4. The Morgan fingerprint density at radius 1 is 1.04 bits per heavy atom. The summed E-state index contributed by atoms with van der Waals surface area (Å²) < 4.78 is 33.4. The molecule has 7 nitrogen and oxygen atoms in total. The number of rotatable bonds is 16. The van der Waals surface area contributed by atoms with E-state index >= 15 is 0 Å². The summed E-state index contributed by atoms with van der Waals surface area (Å²) in [4.78, 5) is 17.6. The maximum atomic E-state index is 10.8. The van der Waals surface area contributed by atoms with Crippen LogP contribution in [0.4, 0.5) is 0 Å². The second-order valence-corrected chi connectivity index (χ2v) is 8.95. The Morgan fingerprint density at radius 3 is 2.38 bits per heavy atom. The van der Waals surface area contributed by atoms with Crippen molar-refractivity contribution in [2.45, 2.75) is 77.1 Å². The van der Waals surface area contributed by atoms with E-state index in [1.807, 2.05) is 6.92 Å². The quantitative estimate of drug-likeness (QED) is 0.305. The molecule has 0 spiro atoms. The summed E-state index contributed by atoms with van der Waals surface area (Å²) in [7, 11) is -3.95. The molecule has 1 fully saturated rings. The maximum absolute atomic E-state index is 10.8. The first kappa shape index (κ1) is 24.0. The van der Waals surface area contributed by atoms with Crippen molar-refractivity contribution >= 4 is 7.60 Å². The third kappa shape index (κ3) is 12.4. The van der Waals surface area contributed by atoms with E-state index in [4.69, 9.17) is 28.7 Å². The molecule has 156 valence electrons. The third-order valence-corrected chi connectivity index (χ3v) is 5.19. The van der Waals surface area contributed by atoms with Crippen LogP contribution in [0.15, 0.2) is 0 Å². The Hall–Kier alpha value is -0.0100. The highest BCUT2D eigenvalue weighted by atomic mass is 31.2. The highest BCUT2D eigenvalue weighted by molar-refractivity contribution is 7.51. The topological polar surface area (TPSA) is 94.5 Å². The molecule has 1 aliphatic heterocycles. The van der Waals surface area contributed by atoms with Gasteiger partial charge in [-0.05, 0) is 19.8 Å². The molecule has 0 aromatic rings. The number of hydrogen-bond acceptors (Lipinski definition) is 5. The Bertz CT molecular complexity index is 401. The van der Waals surface area contributed by atoms with E-state index in [1.165, 1.54) is 38.5 Å². The molecule has 8 heteroatoms. The van der Waals surface area contributed by atoms with Crippen LogP contribution < -0.4 is 0 Å². The summed E-state index contributed by atoms with van der Waals surface area (Å²) >= 11 is 0. The van der Waals surface area contributed by atoms with Crippen LogP contribution in [-0.2, 0) is 23.5 Å². The van der Waals surface area contributed by atoms with Crippen LogP contribution in [0.5, 0.6) is 0 Å². The van der Waals surface area contributed by atoms with Gasteiger partial charge in [0.15, 0.2) is 5.79 Å². The molecule has 2 unspecified atom stereocenters. The van der Waals surface area contributed by atoms with Crippen molar-refractivity contribution < 1.29 is 33.3 Å². The molecule has 0 saturated carbocycles. The fourth-order valence-electron chi connectivity index (χ4n) is 2.85. The van der Waals surface area contributed by atoms with E-state index in [9.17, 15) is 4.57 Å². The third-order valence-electron chi connectivity index (χ3n) is 4.29. The van der Waals surface area contributed by atoms with Gasteiger partial charge in [0.2, 0.25) is 0 Å². The molecule has 0 aliphatic carbocycles. The lowest BCUT2D eigenvalue weighted by molar-refractivity contribution is -0.193. The predicted molar refractivity (Wildman–Crippen MR) is 100 cm³/mol. The zero-order valence-corrected chi connectivity index (χ0v) is 17.3. The van der Waals surface area contributed by atoms with Gasteiger partial charge in [0.05, 0.1) is 19.4 Å². The molecule has 1 aliphatic rings. The molecular weight excluding hydrogens is 359 g/mol. The van der Waals surface area contributed by atoms with Crippen molar-refractivity contribution in [3.63, 3.8) is 0 Å². The minimum Gasteiger partial charge on any atom is -0.379 e. The molecule has 2 N–H and O–H groups in total. The second kappa shape index (κ2) is 13.2. The first-order valence-electron chi connectivity index (χ1n) is 9.86. The van der Waals surface area contributed by atoms with Crippen molar-refractivity contribution in [1.82, 2.24) is 0 Å². The van der Waals surface area contributed by atoms with Gasteiger partial charge in [0, 0.05) is 13.2 Å². The SMILES string of the molecule is CCCCCCCCCOCC1COC(C)(COCCCP(=O)(O)O)O1. The molecule has 1 saturated heterocycles. The van der Waals surface area contributed by atoms with Gasteiger partial charge < -0.3 is 28.7 Å². The Morgan fingerprint density at radius 2 is 1.69 bits per heavy atom. The summed E-state index contributed by atoms with van der Waals surface area (Å²) in [6.45, 7) is 6.29. The Balaban J connectivity index is 1.98. The Kier molecular flexibility index (Phi) is 12.2. The van der Waals surface area contributed by atoms with Crippen LogP contribution in [0.2, 0.25) is 0 Å². The van der Waals surface area contributed by atoms with Crippen molar-refractivity contribution in [1.29, 1.82) is 0 Å². The van der Waals surface area contributed by atoms with Crippen molar-refractivity contribution in [2.24, 2.45) is 0 Å². The summed E-state index contributed by atoms with van der Waals surface area (Å²) in [5.41, 5.74) is 0. The molecule has 1 rings (SSSR count). The van der Waals surface area contributed by atoms with E-state index in [0.717, 1.165) is 13.0 Å². The highest BCUT2D eigenvalue weighted by Crippen LogP contribution is 2.34. The van der Waals surface area contributed by atoms with Gasteiger partial charge in [-0.25, -0.2) is 0 Å². The number of hydrogen-bond donors (Lipinski definition) is 2. The van der Waals surface area contributed by atoms with Crippen molar-refractivity contribution in [3.05, 3.63) is 0 Å². The van der Waals surface area contributed by atoms with Gasteiger partial charge in [0.25, 0.3) is 0 Å². The van der Waals surface area contributed by atoms with Crippen LogP contribution in [0.1, 0.15) is 65.2 Å². The minimum absolute atomic E-state index is 0.0942. The average molecular weight is 396 g/mol. The van der Waals surface area contributed by atoms with Gasteiger partial charge in [-0.3, -0.25) is 4.57 Å². The first-order chi connectivity index (χ1) is 12.3. The average Bonchev–Trinajstić information content (AvgIpc) is 2.93. The van der Waals surface area contributed by atoms with Gasteiger partial charge in [-0.2, -0.15) is 0 Å². The van der Waals surface area contributed by atoms with E-state index in [0.29, 0.717) is 19.6 Å². The molecule has 0 radical (unpaired) electrons. The van der Waals surface area contributed by atoms with Crippen molar-refractivity contribution in [3.8, 4) is 0 Å². The zero-order chi connectivity index (χ0) is 19.3. The Labute approximate surface area is 157 Å². The summed E-state index contributed by atoms with van der Waals surface area (Å²) in [5, 5.41) is 0. The molecule has 26 heavy (non-hydrogen) atoms.